The van der Waals surface area contributed by atoms with Gasteiger partial charge in [0.15, 0.2) is 0 Å². The Morgan fingerprint density at radius 2 is 1.92 bits per heavy atom. The van der Waals surface area contributed by atoms with Gasteiger partial charge in [0.1, 0.15) is 5.76 Å². The van der Waals surface area contributed by atoms with E-state index in [-0.39, 0.29) is 17.2 Å². The second-order valence-corrected chi connectivity index (χ2v) is 5.78. The SMILES string of the molecule is C#Cc1ccc(N=CC(C(=O)NCCC)=C(O)c2ccccc2C)cc1. The van der Waals surface area contributed by atoms with Crippen LogP contribution in [-0.4, -0.2) is 23.8 Å². The van der Waals surface area contributed by atoms with Crippen LogP contribution in [0.3, 0.4) is 0 Å². The molecule has 0 aliphatic carbocycles. The number of hydrogen-bond donors (Lipinski definition) is 2. The molecule has 2 aromatic carbocycles. The monoisotopic (exact) mass is 346 g/mol. The van der Waals surface area contributed by atoms with E-state index in [1.165, 1.54) is 6.21 Å². The lowest BCUT2D eigenvalue weighted by atomic mass is 10.0. The molecular formula is C22H22N2O2. The minimum atomic E-state index is -0.364. The average molecular weight is 346 g/mol. The van der Waals surface area contributed by atoms with Crippen molar-refractivity contribution < 1.29 is 9.90 Å². The highest BCUT2D eigenvalue weighted by Gasteiger charge is 2.15. The van der Waals surface area contributed by atoms with E-state index in [2.05, 4.69) is 16.2 Å². The lowest BCUT2D eigenvalue weighted by Crippen LogP contribution is -2.27. The topological polar surface area (TPSA) is 61.7 Å². The van der Waals surface area contributed by atoms with Gasteiger partial charge in [-0.05, 0) is 43.2 Å². The van der Waals surface area contributed by atoms with E-state index >= 15 is 0 Å². The van der Waals surface area contributed by atoms with Crippen LogP contribution in [0, 0.1) is 19.3 Å². The molecule has 0 bridgehead atoms. The van der Waals surface area contributed by atoms with Gasteiger partial charge in [-0.1, -0.05) is 37.1 Å². The summed E-state index contributed by atoms with van der Waals surface area (Å²) in [6.45, 7) is 4.36. The molecule has 0 fully saturated rings. The van der Waals surface area contributed by atoms with E-state index in [0.717, 1.165) is 17.5 Å². The lowest BCUT2D eigenvalue weighted by Gasteiger charge is -2.10. The third-order valence-electron chi connectivity index (χ3n) is 3.81. The first kappa shape index (κ1) is 19.0. The number of nitrogens with zero attached hydrogens (tertiary/aromatic N) is 1. The maximum Gasteiger partial charge on any atom is 0.256 e. The smallest absolute Gasteiger partial charge is 0.256 e. The molecule has 2 aromatic rings. The lowest BCUT2D eigenvalue weighted by molar-refractivity contribution is -0.116. The Balaban J connectivity index is 2.42. The third kappa shape index (κ3) is 4.84. The Kier molecular flexibility index (Phi) is 6.75. The van der Waals surface area contributed by atoms with Crippen LogP contribution in [0.25, 0.3) is 5.76 Å². The molecule has 1 amide bonds. The summed E-state index contributed by atoms with van der Waals surface area (Å²) in [5, 5.41) is 13.5. The molecule has 0 unspecified atom stereocenters. The number of carbonyl (C=O) groups excluding carboxylic acids is 1. The number of carbonyl (C=O) groups is 1. The Bertz CT molecular complexity index is 872. The van der Waals surface area contributed by atoms with Crippen molar-refractivity contribution in [2.45, 2.75) is 20.3 Å². The number of aryl methyl sites for hydroxylation is 1. The standard InChI is InChI=1S/C22H22N2O2/c1-4-14-23-22(26)20(21(25)19-9-7-6-8-16(19)3)15-24-18-12-10-17(5-2)11-13-18/h2,6-13,15,25H,4,14H2,1,3H3,(H,23,26). The second-order valence-electron chi connectivity index (χ2n) is 5.78. The molecule has 0 radical (unpaired) electrons. The van der Waals surface area contributed by atoms with E-state index in [1.54, 1.807) is 30.3 Å². The van der Waals surface area contributed by atoms with Crippen LogP contribution in [0.5, 0.6) is 0 Å². The number of hydrogen-bond acceptors (Lipinski definition) is 3. The summed E-state index contributed by atoms with van der Waals surface area (Å²) < 4.78 is 0. The van der Waals surface area contributed by atoms with Crippen molar-refractivity contribution in [3.8, 4) is 12.3 Å². The second kappa shape index (κ2) is 9.24. The number of benzene rings is 2. The molecule has 0 aromatic heterocycles. The van der Waals surface area contributed by atoms with Gasteiger partial charge in [-0.15, -0.1) is 6.42 Å². The molecule has 4 heteroatoms. The zero-order chi connectivity index (χ0) is 18.9. The fourth-order valence-electron chi connectivity index (χ4n) is 2.33. The zero-order valence-corrected chi connectivity index (χ0v) is 15.0. The minimum absolute atomic E-state index is 0.0966. The summed E-state index contributed by atoms with van der Waals surface area (Å²) in [5.41, 5.74) is 2.99. The average Bonchev–Trinajstić information content (AvgIpc) is 2.67. The zero-order valence-electron chi connectivity index (χ0n) is 15.0. The molecule has 0 spiro atoms. The fraction of sp³-hybridized carbons (Fsp3) is 0.182. The summed E-state index contributed by atoms with van der Waals surface area (Å²) in [5.74, 6) is 2.08. The maximum atomic E-state index is 12.5. The van der Waals surface area contributed by atoms with Gasteiger partial charge < -0.3 is 10.4 Å². The van der Waals surface area contributed by atoms with E-state index in [4.69, 9.17) is 6.42 Å². The van der Waals surface area contributed by atoms with E-state index < -0.39 is 0 Å². The van der Waals surface area contributed by atoms with E-state index in [9.17, 15) is 9.90 Å². The van der Waals surface area contributed by atoms with Crippen molar-refractivity contribution in [2.75, 3.05) is 6.54 Å². The van der Waals surface area contributed by atoms with Gasteiger partial charge in [0.05, 0.1) is 11.3 Å². The number of aliphatic hydroxyl groups excluding tert-OH is 1. The molecule has 4 nitrogen and oxygen atoms in total. The van der Waals surface area contributed by atoms with Crippen molar-refractivity contribution >= 4 is 23.6 Å². The number of terminal acetylenes is 1. The molecule has 0 aliphatic rings. The van der Waals surface area contributed by atoms with Crippen molar-refractivity contribution in [1.82, 2.24) is 5.32 Å². The van der Waals surface area contributed by atoms with Gasteiger partial charge in [-0.25, -0.2) is 0 Å². The van der Waals surface area contributed by atoms with Gasteiger partial charge >= 0.3 is 0 Å². The van der Waals surface area contributed by atoms with Crippen LogP contribution in [0.4, 0.5) is 5.69 Å². The van der Waals surface area contributed by atoms with Crippen LogP contribution >= 0.6 is 0 Å². The van der Waals surface area contributed by atoms with Crippen LogP contribution in [0.2, 0.25) is 0 Å². The normalized spacial score (nSPS) is 11.7. The van der Waals surface area contributed by atoms with Crippen LogP contribution < -0.4 is 5.32 Å². The minimum Gasteiger partial charge on any atom is -0.506 e. The maximum absolute atomic E-state index is 12.5. The largest absolute Gasteiger partial charge is 0.506 e. The summed E-state index contributed by atoms with van der Waals surface area (Å²) in [6.07, 6.45) is 7.53. The highest BCUT2D eigenvalue weighted by molar-refractivity contribution is 6.17. The highest BCUT2D eigenvalue weighted by Crippen LogP contribution is 2.20. The molecule has 2 N–H and O–H groups in total. The van der Waals surface area contributed by atoms with Crippen LogP contribution in [-0.2, 0) is 4.79 Å². The van der Waals surface area contributed by atoms with Gasteiger partial charge in [0.25, 0.3) is 5.91 Å². The fourth-order valence-corrected chi connectivity index (χ4v) is 2.33. The Morgan fingerprint density at radius 3 is 2.54 bits per heavy atom. The first-order valence-electron chi connectivity index (χ1n) is 8.45. The quantitative estimate of drug-likeness (QED) is 0.357. The molecular weight excluding hydrogens is 324 g/mol. The Morgan fingerprint density at radius 1 is 1.23 bits per heavy atom. The van der Waals surface area contributed by atoms with Crippen molar-refractivity contribution in [1.29, 1.82) is 0 Å². The first-order chi connectivity index (χ1) is 12.6. The number of nitrogens with one attached hydrogen (secondary N) is 1. The number of aliphatic hydroxyl groups is 1. The predicted molar refractivity (Wildman–Crippen MR) is 107 cm³/mol. The summed E-state index contributed by atoms with van der Waals surface area (Å²) in [4.78, 5) is 16.8. The molecule has 0 saturated heterocycles. The van der Waals surface area contributed by atoms with E-state index in [1.807, 2.05) is 32.0 Å². The van der Waals surface area contributed by atoms with Crippen LogP contribution in [0.1, 0.15) is 30.0 Å². The van der Waals surface area contributed by atoms with Gasteiger partial charge in [0.2, 0.25) is 0 Å². The molecule has 0 aliphatic heterocycles. The number of amides is 1. The Hall–Kier alpha value is -3.32. The molecule has 2 rings (SSSR count). The molecule has 0 atom stereocenters. The van der Waals surface area contributed by atoms with Gasteiger partial charge in [-0.2, -0.15) is 0 Å². The first-order valence-corrected chi connectivity index (χ1v) is 8.45. The third-order valence-corrected chi connectivity index (χ3v) is 3.81. The van der Waals surface area contributed by atoms with Gasteiger partial charge in [0, 0.05) is 23.9 Å². The van der Waals surface area contributed by atoms with Gasteiger partial charge in [-0.3, -0.25) is 9.79 Å². The van der Waals surface area contributed by atoms with E-state index in [0.29, 0.717) is 17.8 Å². The predicted octanol–water partition coefficient (Wildman–Crippen LogP) is 4.17. The highest BCUT2D eigenvalue weighted by atomic mass is 16.3. The van der Waals surface area contributed by atoms with Crippen LogP contribution in [0.15, 0.2) is 59.1 Å². The summed E-state index contributed by atoms with van der Waals surface area (Å²) in [6, 6.07) is 14.4. The molecule has 0 heterocycles. The number of rotatable bonds is 6. The molecule has 0 saturated carbocycles. The Labute approximate surface area is 154 Å². The summed E-state index contributed by atoms with van der Waals surface area (Å²) in [7, 11) is 0. The van der Waals surface area contributed by atoms with Crippen molar-refractivity contribution in [2.24, 2.45) is 4.99 Å². The van der Waals surface area contributed by atoms with Crippen molar-refractivity contribution in [3.63, 3.8) is 0 Å². The number of aliphatic imine (C=N–C) groups is 1. The molecule has 26 heavy (non-hydrogen) atoms. The summed E-state index contributed by atoms with van der Waals surface area (Å²) >= 11 is 0. The molecule has 132 valence electrons. The van der Waals surface area contributed by atoms with Crippen molar-refractivity contribution in [3.05, 3.63) is 70.8 Å².